The topological polar surface area (TPSA) is 102 Å². The van der Waals surface area contributed by atoms with Crippen molar-refractivity contribution < 1.29 is 27.1 Å². The number of hydrogen-bond donors (Lipinski definition) is 1. The standard InChI is InChI=1S/C27H33F4N7O2/c1-16(2)40-26(39)38-18(4)10-24(22-9-17(3)5-6-23(22)38)36(25-33-35-37(34-25)8-7-32)15-20-11-19(14-28)12-21(13-20)27(29,30)31/h5-6,9,11-13,16,18,24H,7-8,10,14-15,32H2,1-4H3/t18-,24+/m1/s1. The van der Waals surface area contributed by atoms with Crippen molar-refractivity contribution in [1.29, 1.82) is 0 Å². The SMILES string of the molecule is Cc1ccc2c(c1)[C@@H](N(Cc1cc(CF)cc(C(F)(F)F)c1)c1nnn(CCN)n1)C[C@@H](C)N2C(=O)OC(C)C. The molecule has 1 amide bonds. The van der Waals surface area contributed by atoms with E-state index in [0.717, 1.165) is 23.3 Å². The first kappa shape index (κ1) is 29.2. The number of rotatable bonds is 8. The van der Waals surface area contributed by atoms with E-state index in [9.17, 15) is 22.4 Å². The minimum atomic E-state index is -4.65. The molecule has 13 heteroatoms. The van der Waals surface area contributed by atoms with Crippen LogP contribution in [0.4, 0.5) is 34.0 Å². The molecule has 2 atom stereocenters. The summed E-state index contributed by atoms with van der Waals surface area (Å²) >= 11 is 0. The molecular weight excluding hydrogens is 530 g/mol. The van der Waals surface area contributed by atoms with Crippen LogP contribution in [0.1, 0.15) is 61.1 Å². The second kappa shape index (κ2) is 11.8. The molecule has 2 N–H and O–H groups in total. The molecule has 0 unspecified atom stereocenters. The van der Waals surface area contributed by atoms with Gasteiger partial charge in [0, 0.05) is 19.1 Å². The number of benzene rings is 2. The van der Waals surface area contributed by atoms with Gasteiger partial charge in [-0.2, -0.15) is 18.0 Å². The number of anilines is 2. The van der Waals surface area contributed by atoms with Crippen molar-refractivity contribution in [1.82, 2.24) is 20.2 Å². The Morgan fingerprint density at radius 2 is 1.93 bits per heavy atom. The first-order chi connectivity index (χ1) is 18.9. The van der Waals surface area contributed by atoms with Crippen molar-refractivity contribution in [3.8, 4) is 0 Å². The Balaban J connectivity index is 1.83. The van der Waals surface area contributed by atoms with Crippen LogP contribution in [0.15, 0.2) is 36.4 Å². The Bertz CT molecular complexity index is 1340. The summed E-state index contributed by atoms with van der Waals surface area (Å²) in [6.07, 6.45) is -5.07. The van der Waals surface area contributed by atoms with Crippen molar-refractivity contribution in [2.24, 2.45) is 5.73 Å². The summed E-state index contributed by atoms with van der Waals surface area (Å²) in [6.45, 7) is 6.77. The molecule has 1 aliphatic rings. The first-order valence-corrected chi connectivity index (χ1v) is 13.0. The van der Waals surface area contributed by atoms with E-state index in [2.05, 4.69) is 15.4 Å². The van der Waals surface area contributed by atoms with Crippen LogP contribution in [0.3, 0.4) is 0 Å². The minimum Gasteiger partial charge on any atom is -0.446 e. The van der Waals surface area contributed by atoms with Gasteiger partial charge in [-0.3, -0.25) is 4.90 Å². The van der Waals surface area contributed by atoms with Crippen LogP contribution < -0.4 is 15.5 Å². The molecule has 2 aromatic carbocycles. The smallest absolute Gasteiger partial charge is 0.416 e. The lowest BCUT2D eigenvalue weighted by Gasteiger charge is -2.43. The highest BCUT2D eigenvalue weighted by molar-refractivity contribution is 5.90. The molecule has 0 fully saturated rings. The fourth-order valence-electron chi connectivity index (χ4n) is 4.96. The predicted molar refractivity (Wildman–Crippen MR) is 141 cm³/mol. The zero-order valence-electron chi connectivity index (χ0n) is 22.8. The molecule has 0 aliphatic carbocycles. The molecule has 0 spiro atoms. The summed E-state index contributed by atoms with van der Waals surface area (Å²) in [6, 6.07) is 8.07. The summed E-state index contributed by atoms with van der Waals surface area (Å²) < 4.78 is 60.1. The summed E-state index contributed by atoms with van der Waals surface area (Å²) in [5.74, 6) is 0.176. The Labute approximate surface area is 229 Å². The average molecular weight is 564 g/mol. The Kier molecular flexibility index (Phi) is 8.62. The van der Waals surface area contributed by atoms with E-state index in [1.54, 1.807) is 23.6 Å². The Morgan fingerprint density at radius 3 is 2.58 bits per heavy atom. The second-order valence-corrected chi connectivity index (χ2v) is 10.2. The van der Waals surface area contributed by atoms with Gasteiger partial charge in [0.25, 0.3) is 5.95 Å². The van der Waals surface area contributed by atoms with Crippen LogP contribution in [0, 0.1) is 6.92 Å². The quantitative estimate of drug-likeness (QED) is 0.370. The van der Waals surface area contributed by atoms with E-state index < -0.39 is 30.5 Å². The number of halogens is 4. The molecular formula is C27H33F4N7O2. The predicted octanol–water partition coefficient (Wildman–Crippen LogP) is 5.32. The van der Waals surface area contributed by atoms with Gasteiger partial charge in [-0.15, -0.1) is 5.10 Å². The van der Waals surface area contributed by atoms with Crippen molar-refractivity contribution in [2.45, 2.75) is 78.2 Å². The third kappa shape index (κ3) is 6.35. The van der Waals surface area contributed by atoms with Gasteiger partial charge in [0.1, 0.15) is 6.67 Å². The number of hydrogen-bond acceptors (Lipinski definition) is 7. The molecule has 3 aromatic rings. The summed E-state index contributed by atoms with van der Waals surface area (Å²) in [5, 5.41) is 12.7. The van der Waals surface area contributed by atoms with Gasteiger partial charge in [-0.1, -0.05) is 28.9 Å². The number of nitrogens with two attached hydrogens (primary N) is 1. The maximum atomic E-state index is 13.7. The third-order valence-electron chi connectivity index (χ3n) is 6.63. The molecule has 9 nitrogen and oxygen atoms in total. The van der Waals surface area contributed by atoms with Gasteiger partial charge in [-0.05, 0) is 74.2 Å². The fourth-order valence-corrected chi connectivity index (χ4v) is 4.96. The largest absolute Gasteiger partial charge is 0.446 e. The number of aromatic nitrogens is 4. The molecule has 216 valence electrons. The van der Waals surface area contributed by atoms with E-state index in [0.29, 0.717) is 18.7 Å². The van der Waals surface area contributed by atoms with Crippen LogP contribution >= 0.6 is 0 Å². The normalized spacial score (nSPS) is 17.2. The zero-order chi connectivity index (χ0) is 29.2. The van der Waals surface area contributed by atoms with Gasteiger partial charge >= 0.3 is 12.3 Å². The number of fused-ring (bicyclic) bond motifs is 1. The average Bonchev–Trinajstić information content (AvgIpc) is 3.34. The molecule has 40 heavy (non-hydrogen) atoms. The molecule has 0 saturated carbocycles. The van der Waals surface area contributed by atoms with E-state index in [1.165, 1.54) is 10.9 Å². The highest BCUT2D eigenvalue weighted by Gasteiger charge is 2.39. The number of carbonyl (C=O) groups excluding carboxylic acids is 1. The maximum Gasteiger partial charge on any atom is 0.416 e. The molecule has 1 aliphatic heterocycles. The first-order valence-electron chi connectivity index (χ1n) is 13.0. The fraction of sp³-hybridized carbons (Fsp3) is 0.481. The molecule has 0 bridgehead atoms. The molecule has 4 rings (SSSR count). The summed E-state index contributed by atoms with van der Waals surface area (Å²) in [7, 11) is 0. The monoisotopic (exact) mass is 563 g/mol. The highest BCUT2D eigenvalue weighted by Crippen LogP contribution is 2.43. The van der Waals surface area contributed by atoms with Crippen molar-refractivity contribution in [2.75, 3.05) is 16.3 Å². The number of amides is 1. The molecule has 1 aromatic heterocycles. The van der Waals surface area contributed by atoms with Gasteiger partial charge < -0.3 is 15.4 Å². The summed E-state index contributed by atoms with van der Waals surface area (Å²) in [5.41, 5.74) is 7.16. The number of tetrazole rings is 1. The van der Waals surface area contributed by atoms with Crippen LogP contribution in [-0.2, 0) is 30.7 Å². The van der Waals surface area contributed by atoms with E-state index in [4.69, 9.17) is 10.5 Å². The molecule has 0 saturated heterocycles. The lowest BCUT2D eigenvalue weighted by molar-refractivity contribution is -0.137. The van der Waals surface area contributed by atoms with Crippen molar-refractivity contribution >= 4 is 17.7 Å². The second-order valence-electron chi connectivity index (χ2n) is 10.2. The van der Waals surface area contributed by atoms with Crippen LogP contribution in [-0.4, -0.2) is 45.0 Å². The highest BCUT2D eigenvalue weighted by atomic mass is 19.4. The number of alkyl halides is 4. The van der Waals surface area contributed by atoms with E-state index in [-0.39, 0.29) is 42.3 Å². The Hall–Kier alpha value is -3.74. The lowest BCUT2D eigenvalue weighted by atomic mass is 9.89. The van der Waals surface area contributed by atoms with E-state index in [1.807, 2.05) is 32.0 Å². The maximum absolute atomic E-state index is 13.7. The summed E-state index contributed by atoms with van der Waals surface area (Å²) in [4.78, 5) is 17.7. The number of aryl methyl sites for hydroxylation is 1. The Morgan fingerprint density at radius 1 is 1.20 bits per heavy atom. The number of nitrogens with zero attached hydrogens (tertiary/aromatic N) is 6. The van der Waals surface area contributed by atoms with Gasteiger partial charge in [0.05, 0.1) is 29.9 Å². The van der Waals surface area contributed by atoms with Crippen molar-refractivity contribution in [3.05, 3.63) is 64.2 Å². The third-order valence-corrected chi connectivity index (χ3v) is 6.63. The molecule has 0 radical (unpaired) electrons. The van der Waals surface area contributed by atoms with Gasteiger partial charge in [-0.25, -0.2) is 9.18 Å². The lowest BCUT2D eigenvalue weighted by Crippen LogP contribution is -2.47. The van der Waals surface area contributed by atoms with Crippen LogP contribution in [0.2, 0.25) is 0 Å². The van der Waals surface area contributed by atoms with Crippen LogP contribution in [0.5, 0.6) is 0 Å². The molecule has 2 heterocycles. The minimum absolute atomic E-state index is 0.0630. The number of ether oxygens (including phenoxy) is 1. The number of carbonyl (C=O) groups is 1. The van der Waals surface area contributed by atoms with Gasteiger partial charge in [0.2, 0.25) is 0 Å². The van der Waals surface area contributed by atoms with Gasteiger partial charge in [0.15, 0.2) is 0 Å². The van der Waals surface area contributed by atoms with Crippen molar-refractivity contribution in [3.63, 3.8) is 0 Å². The zero-order valence-corrected chi connectivity index (χ0v) is 22.8. The van der Waals surface area contributed by atoms with Crippen LogP contribution in [0.25, 0.3) is 0 Å². The van der Waals surface area contributed by atoms with E-state index >= 15 is 0 Å².